The molecule has 0 aliphatic heterocycles. The Morgan fingerprint density at radius 2 is 0.528 bits per heavy atom. The molecule has 9 rings (SSSR count). The SMILES string of the molecule is C1=C(c2ccccc2)c2ccccc2C1([P+](c1ccccc1)(c1ccccc1)c1ccccc1)[P+](c1ccccc1)(c1ccccc1)c1ccccc1. The zero-order valence-electron chi connectivity index (χ0n) is 29.5. The lowest BCUT2D eigenvalue weighted by Gasteiger charge is -2.48. The van der Waals surface area contributed by atoms with Gasteiger partial charge in [-0.15, -0.1) is 0 Å². The molecule has 0 fully saturated rings. The lowest BCUT2D eigenvalue weighted by molar-refractivity contribution is 1.12. The molecule has 0 nitrogen and oxygen atoms in total. The molecule has 0 aromatic heterocycles. The van der Waals surface area contributed by atoms with Gasteiger partial charge >= 0.3 is 0 Å². The summed E-state index contributed by atoms with van der Waals surface area (Å²) in [5.41, 5.74) is 5.22. The quantitative estimate of drug-likeness (QED) is 0.131. The Labute approximate surface area is 314 Å². The Morgan fingerprint density at radius 3 is 0.849 bits per heavy atom. The van der Waals surface area contributed by atoms with E-state index in [1.165, 1.54) is 54.1 Å². The third kappa shape index (κ3) is 5.05. The Hall–Kier alpha value is -5.64. The fraction of sp³-hybridized carbons (Fsp3) is 0.0196. The van der Waals surface area contributed by atoms with Crippen LogP contribution in [-0.2, 0) is 4.90 Å². The summed E-state index contributed by atoms with van der Waals surface area (Å²) in [5, 5.41) is 8.19. The van der Waals surface area contributed by atoms with Crippen LogP contribution in [0.2, 0.25) is 0 Å². The number of hydrogen-bond acceptors (Lipinski definition) is 0. The summed E-state index contributed by atoms with van der Waals surface area (Å²) in [6, 6.07) is 89.5. The van der Waals surface area contributed by atoms with E-state index >= 15 is 0 Å². The second-order valence-electron chi connectivity index (χ2n) is 13.6. The summed E-state index contributed by atoms with van der Waals surface area (Å²) in [7, 11) is -5.53. The molecule has 0 bridgehead atoms. The Bertz CT molecular complexity index is 2140. The molecule has 0 radical (unpaired) electrons. The van der Waals surface area contributed by atoms with Crippen molar-refractivity contribution in [2.45, 2.75) is 4.90 Å². The van der Waals surface area contributed by atoms with Crippen LogP contribution in [0.5, 0.6) is 0 Å². The van der Waals surface area contributed by atoms with E-state index in [-0.39, 0.29) is 0 Å². The summed E-state index contributed by atoms with van der Waals surface area (Å²) < 4.78 is 0. The fourth-order valence-electron chi connectivity index (χ4n) is 9.02. The number of benzene rings is 8. The molecule has 0 spiro atoms. The van der Waals surface area contributed by atoms with E-state index in [1.807, 2.05) is 0 Å². The summed E-state index contributed by atoms with van der Waals surface area (Å²) in [6.45, 7) is 0. The average Bonchev–Trinajstić information content (AvgIpc) is 3.60. The van der Waals surface area contributed by atoms with Crippen molar-refractivity contribution in [3.8, 4) is 0 Å². The molecular formula is C51H40P2+2. The molecule has 0 heterocycles. The van der Waals surface area contributed by atoms with Crippen molar-refractivity contribution in [3.05, 3.63) is 259 Å². The van der Waals surface area contributed by atoms with E-state index in [4.69, 9.17) is 0 Å². The van der Waals surface area contributed by atoms with Gasteiger partial charge in [0.2, 0.25) is 4.90 Å². The highest BCUT2D eigenvalue weighted by atomic mass is 31.2. The summed E-state index contributed by atoms with van der Waals surface area (Å²) in [5.74, 6) is 0. The van der Waals surface area contributed by atoms with Crippen molar-refractivity contribution < 1.29 is 0 Å². The third-order valence-corrected chi connectivity index (χ3v) is 21.9. The molecule has 1 aliphatic carbocycles. The van der Waals surface area contributed by atoms with Crippen LogP contribution in [0.15, 0.2) is 243 Å². The van der Waals surface area contributed by atoms with Crippen molar-refractivity contribution in [1.82, 2.24) is 0 Å². The van der Waals surface area contributed by atoms with E-state index in [0.29, 0.717) is 0 Å². The van der Waals surface area contributed by atoms with Gasteiger partial charge in [-0.3, -0.25) is 0 Å². The molecule has 0 atom stereocenters. The Morgan fingerprint density at radius 1 is 0.264 bits per heavy atom. The normalized spacial score (nSPS) is 13.5. The van der Waals surface area contributed by atoms with Gasteiger partial charge in [-0.25, -0.2) is 0 Å². The maximum atomic E-state index is 2.77. The standard InChI is InChI=1S/C51H40P2/c1-8-24-41(25-9-1)49-40-51(50-39-23-22-38-48(49)50,52(42-26-10-2-11-27-42,43-28-12-3-13-29-43)44-30-14-4-15-31-44)53(45-32-16-5-17-33-45,46-34-18-6-19-35-46)47-36-20-7-21-37-47/h1-40H/q+2. The molecule has 53 heavy (non-hydrogen) atoms. The lowest BCUT2D eigenvalue weighted by Crippen LogP contribution is -2.52. The first-order valence-electron chi connectivity index (χ1n) is 18.3. The summed E-state index contributed by atoms with van der Waals surface area (Å²) >= 11 is 0. The van der Waals surface area contributed by atoms with Gasteiger partial charge in [0, 0.05) is 11.6 Å². The highest BCUT2D eigenvalue weighted by Crippen LogP contribution is 2.90. The van der Waals surface area contributed by atoms with Crippen molar-refractivity contribution >= 4 is 51.9 Å². The van der Waals surface area contributed by atoms with Crippen LogP contribution in [0, 0.1) is 0 Å². The predicted molar refractivity (Wildman–Crippen MR) is 232 cm³/mol. The molecule has 2 heteroatoms. The number of hydrogen-bond donors (Lipinski definition) is 0. The zero-order chi connectivity index (χ0) is 35.6. The molecule has 8 aromatic rings. The van der Waals surface area contributed by atoms with E-state index in [2.05, 4.69) is 243 Å². The first-order valence-corrected chi connectivity index (χ1v) is 21.9. The monoisotopic (exact) mass is 714 g/mol. The largest absolute Gasteiger partial charge is 0.249 e. The second kappa shape index (κ2) is 14.1. The molecule has 0 amide bonds. The summed E-state index contributed by atoms with van der Waals surface area (Å²) in [4.78, 5) is -0.587. The Kier molecular flexibility index (Phi) is 8.81. The van der Waals surface area contributed by atoms with Gasteiger partial charge in [0.05, 0.1) is 0 Å². The van der Waals surface area contributed by atoms with Crippen LogP contribution in [0.1, 0.15) is 16.7 Å². The highest BCUT2D eigenvalue weighted by molar-refractivity contribution is 8.11. The maximum Gasteiger partial charge on any atom is 0.249 e. The Balaban J connectivity index is 1.64. The highest BCUT2D eigenvalue weighted by Gasteiger charge is 2.80. The van der Waals surface area contributed by atoms with Gasteiger partial charge < -0.3 is 0 Å². The van der Waals surface area contributed by atoms with Gasteiger partial charge in [0.15, 0.2) is 14.5 Å². The molecule has 252 valence electrons. The minimum absolute atomic E-state index is 0.587. The second-order valence-corrected chi connectivity index (χ2v) is 21.1. The van der Waals surface area contributed by atoms with Crippen LogP contribution in [0.4, 0.5) is 0 Å². The van der Waals surface area contributed by atoms with Gasteiger partial charge in [0.25, 0.3) is 0 Å². The minimum Gasteiger partial charge on any atom is -0.0622 e. The van der Waals surface area contributed by atoms with E-state index in [9.17, 15) is 0 Å². The first-order chi connectivity index (χ1) is 26.3. The van der Waals surface area contributed by atoms with E-state index in [0.717, 1.165) is 0 Å². The fourth-order valence-corrected chi connectivity index (χ4v) is 22.5. The molecule has 0 N–H and O–H groups in total. The topological polar surface area (TPSA) is 0 Å². The summed E-state index contributed by atoms with van der Waals surface area (Å²) in [6.07, 6.45) is 2.77. The minimum atomic E-state index is -2.77. The number of fused-ring (bicyclic) bond motifs is 1. The van der Waals surface area contributed by atoms with Crippen molar-refractivity contribution in [2.24, 2.45) is 0 Å². The third-order valence-electron chi connectivity index (χ3n) is 10.9. The van der Waals surface area contributed by atoms with Crippen LogP contribution in [0.25, 0.3) is 5.57 Å². The van der Waals surface area contributed by atoms with Crippen LogP contribution in [-0.4, -0.2) is 0 Å². The number of rotatable bonds is 9. The lowest BCUT2D eigenvalue weighted by atomic mass is 9.99. The number of allylic oxidation sites excluding steroid dienone is 1. The predicted octanol–water partition coefficient (Wildman–Crippen LogP) is 10.3. The molecule has 8 aromatic carbocycles. The van der Waals surface area contributed by atoms with Gasteiger partial charge in [-0.2, -0.15) is 0 Å². The zero-order valence-corrected chi connectivity index (χ0v) is 31.3. The van der Waals surface area contributed by atoms with Crippen molar-refractivity contribution in [2.75, 3.05) is 0 Å². The van der Waals surface area contributed by atoms with Crippen molar-refractivity contribution in [3.63, 3.8) is 0 Å². The van der Waals surface area contributed by atoms with E-state index < -0.39 is 19.4 Å². The molecule has 0 unspecified atom stereocenters. The van der Waals surface area contributed by atoms with Gasteiger partial charge in [-0.05, 0) is 95.6 Å². The molecule has 1 aliphatic rings. The molecular weight excluding hydrogens is 675 g/mol. The van der Waals surface area contributed by atoms with Crippen LogP contribution >= 0.6 is 14.5 Å². The van der Waals surface area contributed by atoms with Gasteiger partial charge in [-0.1, -0.05) is 158 Å². The van der Waals surface area contributed by atoms with Gasteiger partial charge in [0.1, 0.15) is 31.8 Å². The first kappa shape index (κ1) is 33.2. The molecule has 0 saturated heterocycles. The molecule has 0 saturated carbocycles. The van der Waals surface area contributed by atoms with Crippen LogP contribution in [0.3, 0.4) is 0 Å². The van der Waals surface area contributed by atoms with Crippen LogP contribution < -0.4 is 31.8 Å². The smallest absolute Gasteiger partial charge is 0.0622 e. The maximum absolute atomic E-state index is 2.77. The van der Waals surface area contributed by atoms with Crippen molar-refractivity contribution in [1.29, 1.82) is 0 Å². The average molecular weight is 715 g/mol. The van der Waals surface area contributed by atoms with E-state index in [1.54, 1.807) is 0 Å².